The molecule has 0 saturated heterocycles. The molecule has 8 aromatic carbocycles. The summed E-state index contributed by atoms with van der Waals surface area (Å²) < 4.78 is 0. The largest absolute Gasteiger partial charge is 0.103 e. The van der Waals surface area contributed by atoms with Crippen molar-refractivity contribution in [1.82, 2.24) is 0 Å². The second-order valence-electron chi connectivity index (χ2n) is 31.4. The molecule has 98 heavy (non-hydrogen) atoms. The topological polar surface area (TPSA) is 0 Å². The molecule has 0 nitrogen and oxygen atoms in total. The van der Waals surface area contributed by atoms with Crippen LogP contribution >= 0.6 is 0 Å². The van der Waals surface area contributed by atoms with Gasteiger partial charge < -0.3 is 0 Å². The predicted octanol–water partition coefficient (Wildman–Crippen LogP) is 29.1. The zero-order valence-electron chi connectivity index (χ0n) is 61.9. The van der Waals surface area contributed by atoms with Crippen molar-refractivity contribution < 1.29 is 0 Å². The highest BCUT2D eigenvalue weighted by Crippen LogP contribution is 2.60. The van der Waals surface area contributed by atoms with Crippen molar-refractivity contribution in [3.05, 3.63) is 249 Å². The number of hydrogen-bond acceptors (Lipinski definition) is 0. The first-order valence-electron chi connectivity index (χ1n) is 40.4. The summed E-state index contributed by atoms with van der Waals surface area (Å²) in [6.07, 6.45) is 51.9. The van der Waals surface area contributed by atoms with Crippen LogP contribution in [0.5, 0.6) is 0 Å². The molecule has 12 rings (SSSR count). The van der Waals surface area contributed by atoms with Crippen molar-refractivity contribution >= 4 is 0 Å². The minimum Gasteiger partial charge on any atom is -0.103 e. The van der Waals surface area contributed by atoms with Crippen LogP contribution in [0.15, 0.2) is 177 Å². The van der Waals surface area contributed by atoms with Gasteiger partial charge in [-0.1, -0.05) is 319 Å². The van der Waals surface area contributed by atoms with Gasteiger partial charge in [-0.05, 0) is 251 Å². The molecule has 4 aliphatic rings. The van der Waals surface area contributed by atoms with Crippen molar-refractivity contribution in [3.63, 3.8) is 0 Å². The van der Waals surface area contributed by atoms with Gasteiger partial charge in [-0.3, -0.25) is 0 Å². The van der Waals surface area contributed by atoms with E-state index < -0.39 is 0 Å². The van der Waals surface area contributed by atoms with E-state index in [2.05, 4.69) is 212 Å². The first-order chi connectivity index (χ1) is 48.2. The lowest BCUT2D eigenvalue weighted by Crippen LogP contribution is -2.27. The predicted molar refractivity (Wildman–Crippen MR) is 427 cm³/mol. The Hall–Kier alpha value is -6.76. The van der Waals surface area contributed by atoms with Gasteiger partial charge >= 0.3 is 0 Å². The van der Waals surface area contributed by atoms with Crippen molar-refractivity contribution in [2.45, 2.75) is 295 Å². The lowest BCUT2D eigenvalue weighted by atomic mass is 9.68. The second kappa shape index (κ2) is 34.1. The molecule has 0 bridgehead atoms. The molecular weight excluding hydrogens is 1180 g/mol. The molecule has 0 saturated carbocycles. The van der Waals surface area contributed by atoms with Crippen LogP contribution in [0.4, 0.5) is 0 Å². The number of hydrogen-bond donors (Lipinski definition) is 0. The molecule has 0 aliphatic heterocycles. The van der Waals surface area contributed by atoms with Gasteiger partial charge in [0.15, 0.2) is 0 Å². The van der Waals surface area contributed by atoms with Gasteiger partial charge in [-0.25, -0.2) is 0 Å². The average molecular weight is 1300 g/mol. The standard InChI is InChI=1S/C98H122/c1-8-13-18-23-27-34-61-96(62-35-28-24-19-14-9-2)90-66-73(6)41-55-84(90)86-57-49-79(69-92(86)96)81-51-59-88-89-60-52-82(80-50-58-87-85-56-42-74(7)67-91(85)97(93(87)70-80,63-36-29-25-20-15-10-3)64-37-30-26-21-16-11-4)72-95(89)98(94(88)71-81,83-53-44-75(45-54-83)39-32-22-17-12-5)65-38-31-33-40-76-43-46-77-47-48-78(77)68-76/h8-9,41-46,49-60,66-72H,1-2,10-40,47-48,61-65H2,3-7H3. The lowest BCUT2D eigenvalue weighted by molar-refractivity contribution is 0.398. The number of allylic oxidation sites excluding steroid dienone is 2. The molecule has 0 amide bonds. The van der Waals surface area contributed by atoms with E-state index in [1.54, 1.807) is 33.4 Å². The van der Waals surface area contributed by atoms with E-state index in [1.807, 2.05) is 0 Å². The summed E-state index contributed by atoms with van der Waals surface area (Å²) in [7, 11) is 0. The van der Waals surface area contributed by atoms with E-state index in [0.717, 1.165) is 38.5 Å². The van der Waals surface area contributed by atoms with E-state index in [4.69, 9.17) is 0 Å². The van der Waals surface area contributed by atoms with Crippen LogP contribution in [0.25, 0.3) is 55.6 Å². The average Bonchev–Trinajstić information content (AvgIpc) is 1.56. The number of fused-ring (bicyclic) bond motifs is 10. The Morgan fingerprint density at radius 1 is 0.296 bits per heavy atom. The third-order valence-corrected chi connectivity index (χ3v) is 24.6. The van der Waals surface area contributed by atoms with Gasteiger partial charge in [0.2, 0.25) is 0 Å². The molecule has 0 spiro atoms. The fourth-order valence-corrected chi connectivity index (χ4v) is 19.0. The highest BCUT2D eigenvalue weighted by molar-refractivity contribution is 5.91. The SMILES string of the molecule is C=CCCCCCCC1(CCCCCCC=C)c2cc(C)ccc2-c2ccc(-c3ccc4c(c3)C(CCCCCc3ccc5c(c3)CC5)(c3ccc(CCCCCC)cc3)c3cc(-c5ccc6c(c5)C(CCCCCCCC)(CCCCCCCC)c5cc(C)ccc5-6)ccc3-4)cc21. The summed E-state index contributed by atoms with van der Waals surface area (Å²) in [5.74, 6) is 0. The van der Waals surface area contributed by atoms with Gasteiger partial charge in [0, 0.05) is 16.2 Å². The van der Waals surface area contributed by atoms with Crippen LogP contribution in [0.1, 0.15) is 311 Å². The summed E-state index contributed by atoms with van der Waals surface area (Å²) in [4.78, 5) is 0. The maximum atomic E-state index is 4.07. The zero-order chi connectivity index (χ0) is 67.7. The molecule has 8 aromatic rings. The van der Waals surface area contributed by atoms with Crippen LogP contribution in [-0.2, 0) is 41.9 Å². The lowest BCUT2D eigenvalue weighted by Gasteiger charge is -2.34. The summed E-state index contributed by atoms with van der Waals surface area (Å²) in [5.41, 5.74) is 33.6. The number of benzene rings is 8. The number of aryl methyl sites for hydroxylation is 6. The molecule has 4 aliphatic carbocycles. The normalized spacial score (nSPS) is 15.4. The van der Waals surface area contributed by atoms with E-state index in [9.17, 15) is 0 Å². The molecule has 0 heteroatoms. The molecule has 0 fully saturated rings. The Labute approximate surface area is 596 Å². The quantitative estimate of drug-likeness (QED) is 0.0264. The Morgan fingerprint density at radius 2 is 0.633 bits per heavy atom. The van der Waals surface area contributed by atoms with Crippen molar-refractivity contribution in [2.24, 2.45) is 0 Å². The number of unbranched alkanes of at least 4 members (excludes halogenated alkanes) is 23. The molecule has 0 radical (unpaired) electrons. The van der Waals surface area contributed by atoms with E-state index in [-0.39, 0.29) is 16.2 Å². The van der Waals surface area contributed by atoms with Crippen molar-refractivity contribution in [1.29, 1.82) is 0 Å². The molecular formula is C98H122. The minimum atomic E-state index is -0.345. The van der Waals surface area contributed by atoms with Crippen LogP contribution in [0.3, 0.4) is 0 Å². The van der Waals surface area contributed by atoms with Gasteiger partial charge in [0.1, 0.15) is 0 Å². The van der Waals surface area contributed by atoms with Gasteiger partial charge in [0.25, 0.3) is 0 Å². The maximum absolute atomic E-state index is 4.07. The fraction of sp³-hybridized carbons (Fsp3) is 0.469. The summed E-state index contributed by atoms with van der Waals surface area (Å²) >= 11 is 0. The molecule has 514 valence electrons. The maximum Gasteiger partial charge on any atom is 0.0464 e. The molecule has 0 N–H and O–H groups in total. The van der Waals surface area contributed by atoms with Crippen LogP contribution < -0.4 is 0 Å². The highest BCUT2D eigenvalue weighted by atomic mass is 14.5. The second-order valence-corrected chi connectivity index (χ2v) is 31.4. The molecule has 0 heterocycles. The van der Waals surface area contributed by atoms with Crippen molar-refractivity contribution in [3.8, 4) is 55.6 Å². The Morgan fingerprint density at radius 3 is 1.05 bits per heavy atom. The molecule has 1 atom stereocenters. The van der Waals surface area contributed by atoms with Crippen LogP contribution in [0, 0.1) is 13.8 Å². The highest BCUT2D eigenvalue weighted by Gasteiger charge is 2.47. The minimum absolute atomic E-state index is 0.0169. The Bertz CT molecular complexity index is 3910. The third kappa shape index (κ3) is 15.4. The van der Waals surface area contributed by atoms with E-state index in [1.165, 1.54) is 300 Å². The van der Waals surface area contributed by atoms with Crippen LogP contribution in [0.2, 0.25) is 0 Å². The Balaban J connectivity index is 0.978. The third-order valence-electron chi connectivity index (χ3n) is 24.6. The monoisotopic (exact) mass is 1300 g/mol. The number of rotatable bonds is 42. The molecule has 0 aromatic heterocycles. The summed E-state index contributed by atoms with van der Waals surface area (Å²) in [6.45, 7) is 19.8. The van der Waals surface area contributed by atoms with Gasteiger partial charge in [-0.2, -0.15) is 0 Å². The van der Waals surface area contributed by atoms with Crippen LogP contribution in [-0.4, -0.2) is 0 Å². The first kappa shape index (κ1) is 71.1. The Kier molecular flexibility index (Phi) is 24.7. The molecule has 1 unspecified atom stereocenters. The summed E-state index contributed by atoms with van der Waals surface area (Å²) in [6, 6.07) is 63.7. The smallest absolute Gasteiger partial charge is 0.0464 e. The first-order valence-corrected chi connectivity index (χ1v) is 40.4. The zero-order valence-corrected chi connectivity index (χ0v) is 61.9. The fourth-order valence-electron chi connectivity index (χ4n) is 19.0. The van der Waals surface area contributed by atoms with Crippen molar-refractivity contribution in [2.75, 3.05) is 0 Å². The van der Waals surface area contributed by atoms with E-state index >= 15 is 0 Å². The summed E-state index contributed by atoms with van der Waals surface area (Å²) in [5, 5.41) is 0. The van der Waals surface area contributed by atoms with Gasteiger partial charge in [-0.15, -0.1) is 13.2 Å². The van der Waals surface area contributed by atoms with E-state index in [0.29, 0.717) is 0 Å². The van der Waals surface area contributed by atoms with Gasteiger partial charge in [0.05, 0.1) is 0 Å².